The number of imidazole rings is 1. The van der Waals surface area contributed by atoms with Crippen molar-refractivity contribution >= 4 is 39.7 Å². The lowest BCUT2D eigenvalue weighted by Crippen LogP contribution is -2.43. The lowest BCUT2D eigenvalue weighted by Gasteiger charge is -2.33. The van der Waals surface area contributed by atoms with Crippen LogP contribution in [0.15, 0.2) is 36.7 Å². The van der Waals surface area contributed by atoms with Crippen molar-refractivity contribution in [3.05, 3.63) is 47.9 Å². The molecule has 3 aromatic heterocycles. The van der Waals surface area contributed by atoms with E-state index < -0.39 is 5.60 Å². The van der Waals surface area contributed by atoms with Crippen molar-refractivity contribution in [2.24, 2.45) is 14.1 Å². The molecule has 8 heteroatoms. The lowest BCUT2D eigenvalue weighted by atomic mass is 9.91. The summed E-state index contributed by atoms with van der Waals surface area (Å²) in [7, 11) is 5.91. The van der Waals surface area contributed by atoms with Gasteiger partial charge in [-0.3, -0.25) is 0 Å². The van der Waals surface area contributed by atoms with Crippen LogP contribution < -0.4 is 5.32 Å². The van der Waals surface area contributed by atoms with Crippen LogP contribution in [0.3, 0.4) is 0 Å². The SMILES string of the molecule is CN(C(=O)OC(C)(C)C)C1CCc2c(c3ccc(Nc4ccc5ncn(C)c5c4)nc3n2C)C1. The van der Waals surface area contributed by atoms with E-state index in [9.17, 15) is 4.79 Å². The molecule has 0 fully saturated rings. The van der Waals surface area contributed by atoms with E-state index in [1.54, 1.807) is 4.90 Å². The molecular weight excluding hydrogens is 428 g/mol. The van der Waals surface area contributed by atoms with Gasteiger partial charge in [0.15, 0.2) is 0 Å². The number of fused-ring (bicyclic) bond motifs is 4. The number of nitrogens with one attached hydrogen (secondary N) is 1. The van der Waals surface area contributed by atoms with Crippen molar-refractivity contribution in [1.29, 1.82) is 0 Å². The molecule has 8 nitrogen and oxygen atoms in total. The van der Waals surface area contributed by atoms with E-state index in [1.807, 2.05) is 64.0 Å². The van der Waals surface area contributed by atoms with E-state index in [0.29, 0.717) is 0 Å². The molecule has 0 aliphatic heterocycles. The Morgan fingerprint density at radius 2 is 2.00 bits per heavy atom. The molecule has 1 unspecified atom stereocenters. The molecule has 3 heterocycles. The Bertz CT molecular complexity index is 1390. The predicted octanol–water partition coefficient (Wildman–Crippen LogP) is 4.93. The Morgan fingerprint density at radius 3 is 2.76 bits per heavy atom. The Labute approximate surface area is 199 Å². The van der Waals surface area contributed by atoms with Gasteiger partial charge >= 0.3 is 6.09 Å². The molecule has 4 aromatic rings. The molecule has 1 aromatic carbocycles. The zero-order valence-electron chi connectivity index (χ0n) is 20.7. The number of hydrogen-bond donors (Lipinski definition) is 1. The second-order valence-electron chi connectivity index (χ2n) is 10.2. The number of carbonyl (C=O) groups is 1. The van der Waals surface area contributed by atoms with E-state index in [1.165, 1.54) is 11.3 Å². The maximum atomic E-state index is 12.6. The molecule has 0 radical (unpaired) electrons. The smallest absolute Gasteiger partial charge is 0.410 e. The largest absolute Gasteiger partial charge is 0.444 e. The first-order valence-electron chi connectivity index (χ1n) is 11.7. The molecule has 1 N–H and O–H groups in total. The van der Waals surface area contributed by atoms with Crippen LogP contribution in [0.25, 0.3) is 22.1 Å². The number of likely N-dealkylation sites (N-methyl/N-ethyl adjacent to an activating group) is 1. The number of aromatic nitrogens is 4. The number of ether oxygens (including phenoxy) is 1. The highest BCUT2D eigenvalue weighted by atomic mass is 16.6. The molecule has 0 spiro atoms. The molecule has 178 valence electrons. The Balaban J connectivity index is 1.40. The van der Waals surface area contributed by atoms with Crippen molar-refractivity contribution < 1.29 is 9.53 Å². The van der Waals surface area contributed by atoms with Gasteiger partial charge in [0.25, 0.3) is 0 Å². The highest BCUT2D eigenvalue weighted by Gasteiger charge is 2.31. The van der Waals surface area contributed by atoms with Gasteiger partial charge in [-0.15, -0.1) is 0 Å². The number of hydrogen-bond acceptors (Lipinski definition) is 5. The maximum absolute atomic E-state index is 12.6. The molecule has 0 saturated carbocycles. The van der Waals surface area contributed by atoms with Gasteiger partial charge in [0.05, 0.1) is 17.4 Å². The molecule has 1 amide bonds. The monoisotopic (exact) mass is 460 g/mol. The molecule has 0 saturated heterocycles. The summed E-state index contributed by atoms with van der Waals surface area (Å²) in [6.45, 7) is 5.69. The molecule has 5 rings (SSSR count). The van der Waals surface area contributed by atoms with Crippen LogP contribution in [-0.2, 0) is 31.7 Å². The summed E-state index contributed by atoms with van der Waals surface area (Å²) in [5, 5.41) is 4.59. The Morgan fingerprint density at radius 1 is 1.21 bits per heavy atom. The maximum Gasteiger partial charge on any atom is 0.410 e. The second-order valence-corrected chi connectivity index (χ2v) is 10.2. The minimum absolute atomic E-state index is 0.108. The second kappa shape index (κ2) is 8.04. The number of carbonyl (C=O) groups excluding carboxylic acids is 1. The van der Waals surface area contributed by atoms with Gasteiger partial charge < -0.3 is 24.1 Å². The average molecular weight is 461 g/mol. The fourth-order valence-corrected chi connectivity index (χ4v) is 4.85. The molecule has 34 heavy (non-hydrogen) atoms. The fourth-order valence-electron chi connectivity index (χ4n) is 4.85. The lowest BCUT2D eigenvalue weighted by molar-refractivity contribution is 0.0210. The summed E-state index contributed by atoms with van der Waals surface area (Å²) >= 11 is 0. The quantitative estimate of drug-likeness (QED) is 0.469. The van der Waals surface area contributed by atoms with E-state index in [-0.39, 0.29) is 12.1 Å². The summed E-state index contributed by atoms with van der Waals surface area (Å²) in [6.07, 6.45) is 4.16. The van der Waals surface area contributed by atoms with Crippen molar-refractivity contribution in [3.63, 3.8) is 0 Å². The number of aryl methyl sites for hydroxylation is 2. The van der Waals surface area contributed by atoms with Crippen LogP contribution in [-0.4, -0.2) is 48.8 Å². The van der Waals surface area contributed by atoms with Crippen molar-refractivity contribution in [2.75, 3.05) is 12.4 Å². The summed E-state index contributed by atoms with van der Waals surface area (Å²) in [5.74, 6) is 0.800. The van der Waals surface area contributed by atoms with Crippen LogP contribution in [0.4, 0.5) is 16.3 Å². The van der Waals surface area contributed by atoms with Gasteiger partial charge in [0.1, 0.15) is 17.1 Å². The van der Waals surface area contributed by atoms with Crippen LogP contribution >= 0.6 is 0 Å². The van der Waals surface area contributed by atoms with Gasteiger partial charge in [-0.25, -0.2) is 14.8 Å². The van der Waals surface area contributed by atoms with Crippen molar-refractivity contribution in [3.8, 4) is 0 Å². The molecule has 0 bridgehead atoms. The topological polar surface area (TPSA) is 77.2 Å². The number of nitrogens with zero attached hydrogens (tertiary/aromatic N) is 5. The number of amides is 1. The fraction of sp³-hybridized carbons (Fsp3) is 0.423. The summed E-state index contributed by atoms with van der Waals surface area (Å²) in [4.78, 5) is 23.7. The van der Waals surface area contributed by atoms with E-state index in [4.69, 9.17) is 9.72 Å². The standard InChI is InChI=1S/C26H32N6O2/c1-26(2,3)34-25(33)31(5)17-8-11-21-19(14-17)18-9-12-23(29-24(18)32(21)6)28-16-7-10-20-22(13-16)30(4)15-27-20/h7,9-10,12-13,15,17H,8,11,14H2,1-6H3,(H,28,29). The third kappa shape index (κ3) is 3.97. The van der Waals surface area contributed by atoms with Crippen LogP contribution in [0.2, 0.25) is 0 Å². The van der Waals surface area contributed by atoms with E-state index in [2.05, 4.69) is 34.0 Å². The zero-order chi connectivity index (χ0) is 24.2. The number of benzene rings is 1. The number of rotatable bonds is 3. The van der Waals surface area contributed by atoms with Gasteiger partial charge in [-0.05, 0) is 75.9 Å². The van der Waals surface area contributed by atoms with Gasteiger partial charge in [0, 0.05) is 44.0 Å². The van der Waals surface area contributed by atoms with Crippen LogP contribution in [0.1, 0.15) is 38.4 Å². The highest BCUT2D eigenvalue weighted by Crippen LogP contribution is 2.33. The summed E-state index contributed by atoms with van der Waals surface area (Å²) < 4.78 is 9.80. The average Bonchev–Trinajstić information content (AvgIpc) is 3.29. The van der Waals surface area contributed by atoms with Gasteiger partial charge in [0.2, 0.25) is 0 Å². The minimum Gasteiger partial charge on any atom is -0.444 e. The Kier molecular flexibility index (Phi) is 5.26. The first-order valence-corrected chi connectivity index (χ1v) is 11.7. The predicted molar refractivity (Wildman–Crippen MR) is 135 cm³/mol. The van der Waals surface area contributed by atoms with Gasteiger partial charge in [-0.1, -0.05) is 0 Å². The van der Waals surface area contributed by atoms with Crippen LogP contribution in [0, 0.1) is 0 Å². The summed E-state index contributed by atoms with van der Waals surface area (Å²) in [5.41, 5.74) is 6.04. The highest BCUT2D eigenvalue weighted by molar-refractivity contribution is 5.85. The van der Waals surface area contributed by atoms with E-state index >= 15 is 0 Å². The zero-order valence-corrected chi connectivity index (χ0v) is 20.7. The first kappa shape index (κ1) is 22.3. The van der Waals surface area contributed by atoms with Crippen molar-refractivity contribution in [1.82, 2.24) is 24.0 Å². The van der Waals surface area contributed by atoms with E-state index in [0.717, 1.165) is 52.8 Å². The third-order valence-corrected chi connectivity index (χ3v) is 6.65. The Hall–Kier alpha value is -3.55. The summed E-state index contributed by atoms with van der Waals surface area (Å²) in [6, 6.07) is 10.4. The molecular formula is C26H32N6O2. The molecule has 1 aliphatic carbocycles. The van der Waals surface area contributed by atoms with Gasteiger partial charge in [-0.2, -0.15) is 0 Å². The van der Waals surface area contributed by atoms with Crippen LogP contribution in [0.5, 0.6) is 0 Å². The first-order chi connectivity index (χ1) is 16.1. The molecule has 1 atom stereocenters. The van der Waals surface area contributed by atoms with Crippen molar-refractivity contribution in [2.45, 2.75) is 51.7 Å². The third-order valence-electron chi connectivity index (χ3n) is 6.65. The number of pyridine rings is 1. The number of anilines is 2. The normalized spacial score (nSPS) is 16.0. The molecule has 1 aliphatic rings. The minimum atomic E-state index is -0.501.